The molecule has 0 saturated heterocycles. The van der Waals surface area contributed by atoms with Gasteiger partial charge in [-0.3, -0.25) is 14.4 Å². The molecule has 1 aliphatic rings. The summed E-state index contributed by atoms with van der Waals surface area (Å²) < 4.78 is 23.5. The molecule has 4 aromatic rings. The Morgan fingerprint density at radius 3 is 2.26 bits per heavy atom. The summed E-state index contributed by atoms with van der Waals surface area (Å²) in [6.07, 6.45) is 3.20. The van der Waals surface area contributed by atoms with Gasteiger partial charge in [-0.1, -0.05) is 36.4 Å². The molecule has 240 valence electrons. The molecule has 46 heavy (non-hydrogen) atoms. The van der Waals surface area contributed by atoms with Gasteiger partial charge in [0.15, 0.2) is 5.82 Å². The average Bonchev–Trinajstić information content (AvgIpc) is 3.59. The lowest BCUT2D eigenvalue weighted by molar-refractivity contribution is -0.130. The molecule has 1 fully saturated rings. The van der Waals surface area contributed by atoms with Crippen molar-refractivity contribution in [3.05, 3.63) is 78.4 Å². The number of tetrazole rings is 1. The van der Waals surface area contributed by atoms with Crippen LogP contribution in [0.15, 0.2) is 77.7 Å². The van der Waals surface area contributed by atoms with Crippen LogP contribution in [0, 0.1) is 11.8 Å². The third-order valence-corrected chi connectivity index (χ3v) is 9.33. The fraction of sp³-hybridized carbons (Fsp3) is 0.290. The van der Waals surface area contributed by atoms with E-state index in [1.807, 2.05) is 24.3 Å². The number of aromatic amines is 1. The zero-order chi connectivity index (χ0) is 32.7. The Hall–Kier alpha value is -4.22. The maximum Gasteiger partial charge on any atom is 0.280 e. The number of rotatable bonds is 11. The van der Waals surface area contributed by atoms with E-state index in [1.165, 1.54) is 12.1 Å². The van der Waals surface area contributed by atoms with Crippen LogP contribution < -0.4 is 21.1 Å². The molecule has 15 heteroatoms. The van der Waals surface area contributed by atoms with Crippen molar-refractivity contribution in [3.8, 4) is 22.5 Å². The van der Waals surface area contributed by atoms with Crippen molar-refractivity contribution in [2.75, 3.05) is 11.9 Å². The van der Waals surface area contributed by atoms with E-state index in [2.05, 4.69) is 36.6 Å². The highest BCUT2D eigenvalue weighted by atomic mass is 127. The molecule has 3 aromatic carbocycles. The number of nitrogens with zero attached hydrogens (tertiary/aromatic N) is 3. The normalized spacial score (nSPS) is 17.1. The van der Waals surface area contributed by atoms with Crippen molar-refractivity contribution < 1.29 is 22.8 Å². The number of amides is 3. The number of sulfonamides is 1. The molecule has 0 bridgehead atoms. The quantitative estimate of drug-likeness (QED) is 0.0864. The van der Waals surface area contributed by atoms with Gasteiger partial charge in [-0.15, -0.1) is 5.10 Å². The number of primary sulfonamides is 1. The van der Waals surface area contributed by atoms with Gasteiger partial charge in [-0.2, -0.15) is 0 Å². The molecule has 0 spiro atoms. The van der Waals surface area contributed by atoms with Crippen LogP contribution in [0.25, 0.3) is 22.5 Å². The zero-order valence-electron chi connectivity index (χ0n) is 24.6. The van der Waals surface area contributed by atoms with Crippen molar-refractivity contribution in [2.45, 2.75) is 43.0 Å². The lowest BCUT2D eigenvalue weighted by Gasteiger charge is -2.29. The van der Waals surface area contributed by atoms with E-state index in [0.29, 0.717) is 42.4 Å². The van der Waals surface area contributed by atoms with Gasteiger partial charge in [-0.25, -0.2) is 18.7 Å². The SMILES string of the molecule is NS(=O)(=O)c1cccc(-c2ccc(C[C@H](NC(=O)C3CCC(CNC(=O)I)CC3)C(=O)Nc3ccc(-c4nnn[nH]4)cc3)cc2)c1. The van der Waals surface area contributed by atoms with Gasteiger partial charge in [0.2, 0.25) is 21.8 Å². The molecular formula is C31H33IN8O5S. The van der Waals surface area contributed by atoms with Crippen LogP contribution in [0.3, 0.4) is 0 Å². The Kier molecular flexibility index (Phi) is 10.7. The number of H-pyrrole nitrogens is 1. The smallest absolute Gasteiger partial charge is 0.280 e. The Morgan fingerprint density at radius 2 is 1.63 bits per heavy atom. The highest BCUT2D eigenvalue weighted by Gasteiger charge is 2.30. The lowest BCUT2D eigenvalue weighted by Crippen LogP contribution is -2.48. The van der Waals surface area contributed by atoms with Crippen LogP contribution in [0.4, 0.5) is 10.5 Å². The Balaban J connectivity index is 1.29. The topological polar surface area (TPSA) is 202 Å². The first-order valence-corrected chi connectivity index (χ1v) is 17.3. The number of benzene rings is 3. The molecule has 1 aliphatic carbocycles. The Labute approximate surface area is 279 Å². The minimum atomic E-state index is -3.85. The average molecular weight is 757 g/mol. The van der Waals surface area contributed by atoms with E-state index < -0.39 is 16.1 Å². The van der Waals surface area contributed by atoms with Crippen molar-refractivity contribution in [2.24, 2.45) is 17.0 Å². The first kappa shape index (κ1) is 33.2. The summed E-state index contributed by atoms with van der Waals surface area (Å²) in [6.45, 7) is 0.592. The molecule has 1 saturated carbocycles. The van der Waals surface area contributed by atoms with Gasteiger partial charge in [0.05, 0.1) is 4.90 Å². The number of carbonyl (C=O) groups is 3. The number of hydrogen-bond donors (Lipinski definition) is 5. The Morgan fingerprint density at radius 1 is 0.935 bits per heavy atom. The molecule has 3 amide bonds. The molecule has 6 N–H and O–H groups in total. The van der Waals surface area contributed by atoms with Gasteiger partial charge in [0, 0.05) is 52.7 Å². The largest absolute Gasteiger partial charge is 0.347 e. The summed E-state index contributed by atoms with van der Waals surface area (Å²) in [5.41, 5.74) is 3.55. The summed E-state index contributed by atoms with van der Waals surface area (Å²) >= 11 is 1.71. The van der Waals surface area contributed by atoms with Gasteiger partial charge in [-0.05, 0) is 95.1 Å². The summed E-state index contributed by atoms with van der Waals surface area (Å²) in [4.78, 5) is 38.3. The molecule has 1 atom stereocenters. The number of anilines is 1. The van der Waals surface area contributed by atoms with Crippen molar-refractivity contribution >= 4 is 54.0 Å². The highest BCUT2D eigenvalue weighted by Crippen LogP contribution is 2.29. The first-order valence-electron chi connectivity index (χ1n) is 14.7. The molecule has 0 unspecified atom stereocenters. The van der Waals surface area contributed by atoms with E-state index in [4.69, 9.17) is 5.14 Å². The lowest BCUT2D eigenvalue weighted by atomic mass is 9.81. The monoisotopic (exact) mass is 756 g/mol. The van der Waals surface area contributed by atoms with Crippen molar-refractivity contribution in [1.82, 2.24) is 31.3 Å². The number of hydrogen-bond acceptors (Lipinski definition) is 8. The second kappa shape index (κ2) is 14.9. The van der Waals surface area contributed by atoms with E-state index in [-0.39, 0.29) is 33.0 Å². The van der Waals surface area contributed by atoms with E-state index in [0.717, 1.165) is 29.5 Å². The molecule has 1 heterocycles. The van der Waals surface area contributed by atoms with Gasteiger partial charge >= 0.3 is 0 Å². The summed E-state index contributed by atoms with van der Waals surface area (Å²) in [5, 5.41) is 27.8. The van der Waals surface area contributed by atoms with Crippen LogP contribution in [-0.2, 0) is 26.0 Å². The minimum Gasteiger partial charge on any atom is -0.347 e. The van der Waals surface area contributed by atoms with Crippen LogP contribution in [0.5, 0.6) is 0 Å². The molecule has 0 radical (unpaired) electrons. The molecule has 13 nitrogen and oxygen atoms in total. The number of aromatic nitrogens is 4. The van der Waals surface area contributed by atoms with Gasteiger partial charge in [0.25, 0.3) is 3.91 Å². The zero-order valence-corrected chi connectivity index (χ0v) is 27.6. The maximum atomic E-state index is 13.6. The second-order valence-electron chi connectivity index (χ2n) is 11.2. The fourth-order valence-corrected chi connectivity index (χ4v) is 6.28. The standard InChI is InChI=1S/C31H33IN8O5S/c32-31(43)34-18-20-6-10-23(11-7-20)29(41)36-27(30(42)35-25-14-12-22(13-15-25)28-37-39-40-38-28)16-19-4-8-21(9-5-19)24-2-1-3-26(17-24)46(33,44)45/h1-5,8-9,12-15,17,20,23,27H,6-7,10-11,16,18H2,(H,34,43)(H,35,42)(H,36,41)(H2,33,44,45)(H,37,38,39,40)/t20?,23?,27-/m0/s1. The summed E-state index contributed by atoms with van der Waals surface area (Å²) in [7, 11) is -3.85. The third kappa shape index (κ3) is 8.95. The minimum absolute atomic E-state index is 0.0165. The molecule has 5 rings (SSSR count). The molecular weight excluding hydrogens is 723 g/mol. The van der Waals surface area contributed by atoms with E-state index in [9.17, 15) is 22.8 Å². The van der Waals surface area contributed by atoms with Crippen LogP contribution >= 0.6 is 22.6 Å². The second-order valence-corrected chi connectivity index (χ2v) is 13.8. The number of nitrogens with one attached hydrogen (secondary N) is 4. The number of nitrogens with two attached hydrogens (primary N) is 1. The van der Waals surface area contributed by atoms with Gasteiger partial charge < -0.3 is 16.0 Å². The number of carbonyl (C=O) groups excluding carboxylic acids is 3. The summed E-state index contributed by atoms with van der Waals surface area (Å²) in [6, 6.07) is 19.9. The predicted octanol–water partition coefficient (Wildman–Crippen LogP) is 3.80. The maximum absolute atomic E-state index is 13.6. The van der Waals surface area contributed by atoms with Crippen LogP contribution in [0.1, 0.15) is 31.2 Å². The summed E-state index contributed by atoms with van der Waals surface area (Å²) in [5.74, 6) is 0.0352. The predicted molar refractivity (Wildman–Crippen MR) is 180 cm³/mol. The third-order valence-electron chi connectivity index (χ3n) is 8.04. The van der Waals surface area contributed by atoms with Crippen LogP contribution in [-0.4, -0.2) is 57.4 Å². The Bertz CT molecular complexity index is 1780. The van der Waals surface area contributed by atoms with E-state index in [1.54, 1.807) is 59.0 Å². The first-order chi connectivity index (χ1) is 22.0. The fourth-order valence-electron chi connectivity index (χ4n) is 5.50. The molecule has 0 aliphatic heterocycles. The van der Waals surface area contributed by atoms with E-state index >= 15 is 0 Å². The van der Waals surface area contributed by atoms with Crippen molar-refractivity contribution in [3.63, 3.8) is 0 Å². The van der Waals surface area contributed by atoms with Gasteiger partial charge in [0.1, 0.15) is 6.04 Å². The van der Waals surface area contributed by atoms with Crippen LogP contribution in [0.2, 0.25) is 0 Å². The highest BCUT2D eigenvalue weighted by molar-refractivity contribution is 14.1. The number of halogens is 1. The molecule has 1 aromatic heterocycles. The van der Waals surface area contributed by atoms with Crippen molar-refractivity contribution in [1.29, 1.82) is 0 Å².